The number of carbonyl (C=O) groups excluding carboxylic acids is 1. The summed E-state index contributed by atoms with van der Waals surface area (Å²) < 4.78 is 4.95. The summed E-state index contributed by atoms with van der Waals surface area (Å²) in [5.41, 5.74) is 1.41. The molecule has 0 radical (unpaired) electrons. The fourth-order valence-electron chi connectivity index (χ4n) is 0.846. The number of carbonyl (C=O) groups is 2. The predicted octanol–water partition coefficient (Wildman–Crippen LogP) is 2.82. The van der Waals surface area contributed by atoms with Crippen molar-refractivity contribution in [2.24, 2.45) is 0 Å². The van der Waals surface area contributed by atoms with Crippen LogP contribution in [-0.4, -0.2) is 17.0 Å². The number of benzene rings is 1. The molecule has 0 bridgehead atoms. The quantitative estimate of drug-likeness (QED) is 0.506. The first kappa shape index (κ1) is 17.0. The Morgan fingerprint density at radius 3 is 2.11 bits per heavy atom. The standard InChI is InChI=1S/C11H12O2.C3H4O2S/c1-9(2)11(12)13-8-10-6-4-3-5-7-10;1-2(6)3(4)5/h3-7H,1,8H2,2H3;6H,1H2,(H,4,5). The monoisotopic (exact) mass is 280 g/mol. The minimum Gasteiger partial charge on any atom is -0.477 e. The molecule has 5 heteroatoms. The molecule has 0 amide bonds. The molecule has 0 aliphatic heterocycles. The number of esters is 1. The number of aliphatic carboxylic acids is 1. The van der Waals surface area contributed by atoms with Crippen molar-refractivity contribution >= 4 is 24.6 Å². The van der Waals surface area contributed by atoms with Gasteiger partial charge in [0, 0.05) is 5.57 Å². The summed E-state index contributed by atoms with van der Waals surface area (Å²) >= 11 is 3.40. The van der Waals surface area contributed by atoms with Crippen LogP contribution < -0.4 is 0 Å². The lowest BCUT2D eigenvalue weighted by Crippen LogP contribution is -2.04. The van der Waals surface area contributed by atoms with Gasteiger partial charge in [-0.3, -0.25) is 0 Å². The third kappa shape index (κ3) is 8.68. The van der Waals surface area contributed by atoms with Gasteiger partial charge in [0.15, 0.2) is 0 Å². The molecule has 0 saturated heterocycles. The van der Waals surface area contributed by atoms with Gasteiger partial charge in [-0.25, -0.2) is 9.59 Å². The van der Waals surface area contributed by atoms with Crippen molar-refractivity contribution in [3.05, 3.63) is 59.5 Å². The van der Waals surface area contributed by atoms with Crippen molar-refractivity contribution in [3.8, 4) is 0 Å². The Morgan fingerprint density at radius 2 is 1.74 bits per heavy atom. The number of thiol groups is 1. The van der Waals surface area contributed by atoms with Crippen LogP contribution in [0.1, 0.15) is 12.5 Å². The van der Waals surface area contributed by atoms with Gasteiger partial charge < -0.3 is 9.84 Å². The van der Waals surface area contributed by atoms with Crippen LogP contribution in [0.2, 0.25) is 0 Å². The summed E-state index contributed by atoms with van der Waals surface area (Å²) in [5.74, 6) is -1.41. The molecule has 0 heterocycles. The maximum atomic E-state index is 11.0. The van der Waals surface area contributed by atoms with Crippen LogP contribution >= 0.6 is 12.6 Å². The highest BCUT2D eigenvalue weighted by Gasteiger charge is 2.02. The molecule has 1 aromatic rings. The van der Waals surface area contributed by atoms with Gasteiger partial charge in [0.1, 0.15) is 6.61 Å². The first-order valence-electron chi connectivity index (χ1n) is 5.32. The van der Waals surface area contributed by atoms with Gasteiger partial charge in [0.2, 0.25) is 0 Å². The Labute approximate surface area is 117 Å². The van der Waals surface area contributed by atoms with E-state index in [0.717, 1.165) is 5.56 Å². The number of carboxylic acids is 1. The van der Waals surface area contributed by atoms with Gasteiger partial charge >= 0.3 is 11.9 Å². The van der Waals surface area contributed by atoms with Crippen LogP contribution in [0.3, 0.4) is 0 Å². The van der Waals surface area contributed by atoms with E-state index in [0.29, 0.717) is 12.2 Å². The lowest BCUT2D eigenvalue weighted by Gasteiger charge is -2.03. The van der Waals surface area contributed by atoms with Crippen molar-refractivity contribution < 1.29 is 19.4 Å². The van der Waals surface area contributed by atoms with E-state index in [1.807, 2.05) is 30.3 Å². The molecule has 19 heavy (non-hydrogen) atoms. The van der Waals surface area contributed by atoms with E-state index in [-0.39, 0.29) is 10.9 Å². The zero-order valence-electron chi connectivity index (χ0n) is 10.6. The first-order valence-corrected chi connectivity index (χ1v) is 5.77. The Balaban J connectivity index is 0.000000459. The Morgan fingerprint density at radius 1 is 1.26 bits per heavy atom. The number of ether oxygens (including phenoxy) is 1. The number of carboxylic acid groups (broad SMARTS) is 1. The summed E-state index contributed by atoms with van der Waals surface area (Å²) in [4.78, 5) is 20.4. The predicted molar refractivity (Wildman–Crippen MR) is 76.8 cm³/mol. The van der Waals surface area contributed by atoms with E-state index in [1.54, 1.807) is 6.92 Å². The second kappa shape index (κ2) is 8.99. The average Bonchev–Trinajstić information content (AvgIpc) is 2.37. The zero-order valence-corrected chi connectivity index (χ0v) is 11.5. The molecule has 1 aromatic carbocycles. The zero-order chi connectivity index (χ0) is 14.8. The third-order valence-electron chi connectivity index (χ3n) is 1.81. The van der Waals surface area contributed by atoms with Gasteiger partial charge in [-0.1, -0.05) is 43.5 Å². The Bertz CT molecular complexity index is 454. The molecule has 0 aliphatic rings. The van der Waals surface area contributed by atoms with Crippen molar-refractivity contribution in [1.82, 2.24) is 0 Å². The van der Waals surface area contributed by atoms with Crippen LogP contribution in [0.5, 0.6) is 0 Å². The summed E-state index contributed by atoms with van der Waals surface area (Å²) in [6, 6.07) is 9.55. The van der Waals surface area contributed by atoms with Crippen molar-refractivity contribution in [3.63, 3.8) is 0 Å². The van der Waals surface area contributed by atoms with Crippen molar-refractivity contribution in [1.29, 1.82) is 0 Å². The molecule has 0 unspecified atom stereocenters. The maximum Gasteiger partial charge on any atom is 0.341 e. The summed E-state index contributed by atoms with van der Waals surface area (Å²) in [6.45, 7) is 8.46. The van der Waals surface area contributed by atoms with Gasteiger partial charge in [-0.05, 0) is 12.5 Å². The van der Waals surface area contributed by atoms with E-state index < -0.39 is 5.97 Å². The topological polar surface area (TPSA) is 63.6 Å². The maximum absolute atomic E-state index is 11.0. The van der Waals surface area contributed by atoms with Gasteiger partial charge in [0.25, 0.3) is 0 Å². The Kier molecular flexibility index (Phi) is 8.04. The van der Waals surface area contributed by atoms with E-state index in [4.69, 9.17) is 9.84 Å². The molecule has 0 spiro atoms. The molecule has 0 saturated carbocycles. The summed E-state index contributed by atoms with van der Waals surface area (Å²) in [5, 5.41) is 7.81. The fraction of sp³-hybridized carbons (Fsp3) is 0.143. The summed E-state index contributed by atoms with van der Waals surface area (Å²) in [6.07, 6.45) is 0. The summed E-state index contributed by atoms with van der Waals surface area (Å²) in [7, 11) is 0. The second-order valence-corrected chi connectivity index (χ2v) is 4.13. The lowest BCUT2D eigenvalue weighted by atomic mass is 10.2. The highest BCUT2D eigenvalue weighted by Crippen LogP contribution is 2.02. The highest BCUT2D eigenvalue weighted by molar-refractivity contribution is 7.85. The largest absolute Gasteiger partial charge is 0.477 e. The van der Waals surface area contributed by atoms with Crippen molar-refractivity contribution in [2.45, 2.75) is 13.5 Å². The van der Waals surface area contributed by atoms with Crippen molar-refractivity contribution in [2.75, 3.05) is 0 Å². The molecule has 0 atom stereocenters. The molecule has 102 valence electrons. The first-order chi connectivity index (χ1) is 8.84. The normalized spacial score (nSPS) is 8.74. The van der Waals surface area contributed by atoms with E-state index >= 15 is 0 Å². The van der Waals surface area contributed by atoms with Gasteiger partial charge in [-0.15, -0.1) is 12.6 Å². The lowest BCUT2D eigenvalue weighted by molar-refractivity contribution is -0.140. The van der Waals surface area contributed by atoms with Crippen LogP contribution in [0.25, 0.3) is 0 Å². The minimum absolute atomic E-state index is 0.130. The molecule has 4 nitrogen and oxygen atoms in total. The van der Waals surface area contributed by atoms with Gasteiger partial charge in [0.05, 0.1) is 4.91 Å². The molecule has 1 rings (SSSR count). The van der Waals surface area contributed by atoms with Gasteiger partial charge in [-0.2, -0.15) is 0 Å². The van der Waals surface area contributed by atoms with Crippen LogP contribution in [0.4, 0.5) is 0 Å². The van der Waals surface area contributed by atoms with E-state index in [1.165, 1.54) is 0 Å². The fourth-order valence-corrected chi connectivity index (χ4v) is 0.846. The molecule has 0 aromatic heterocycles. The van der Waals surface area contributed by atoms with Crippen LogP contribution in [-0.2, 0) is 20.9 Å². The molecular weight excluding hydrogens is 264 g/mol. The highest BCUT2D eigenvalue weighted by atomic mass is 32.1. The SMILES string of the molecule is C=C(C)C(=O)OCc1ccccc1.C=C(S)C(=O)O. The molecule has 0 fully saturated rings. The van der Waals surface area contributed by atoms with E-state index in [2.05, 4.69) is 25.8 Å². The van der Waals surface area contributed by atoms with Crippen LogP contribution in [0, 0.1) is 0 Å². The second-order valence-electron chi connectivity index (χ2n) is 3.59. The third-order valence-corrected chi connectivity index (χ3v) is 2.00. The van der Waals surface area contributed by atoms with Crippen LogP contribution in [0.15, 0.2) is 54.0 Å². The molecule has 0 aliphatic carbocycles. The average molecular weight is 280 g/mol. The Hall–Kier alpha value is -2.01. The molecular formula is C14H16O4S. The number of hydrogen-bond donors (Lipinski definition) is 2. The number of rotatable bonds is 4. The van der Waals surface area contributed by atoms with E-state index in [9.17, 15) is 9.59 Å². The smallest absolute Gasteiger partial charge is 0.341 e. The number of hydrogen-bond acceptors (Lipinski definition) is 4. The minimum atomic E-state index is -1.07. The molecule has 1 N–H and O–H groups in total.